The summed E-state index contributed by atoms with van der Waals surface area (Å²) < 4.78 is 13.2. The number of nitrogens with zero attached hydrogens (tertiary/aromatic N) is 2. The van der Waals surface area contributed by atoms with E-state index in [1.165, 1.54) is 18.2 Å². The van der Waals surface area contributed by atoms with Crippen LogP contribution in [0.15, 0.2) is 48.5 Å². The highest BCUT2D eigenvalue weighted by Gasteiger charge is 2.20. The smallest absolute Gasteiger partial charge is 0.255 e. The van der Waals surface area contributed by atoms with Gasteiger partial charge in [-0.05, 0) is 48.9 Å². The summed E-state index contributed by atoms with van der Waals surface area (Å²) in [5.74, 6) is -0.549. The van der Waals surface area contributed by atoms with Gasteiger partial charge in [-0.15, -0.1) is 0 Å². The number of anilines is 2. The van der Waals surface area contributed by atoms with Gasteiger partial charge in [-0.1, -0.05) is 13.0 Å². The zero-order valence-electron chi connectivity index (χ0n) is 15.5. The van der Waals surface area contributed by atoms with Crippen LogP contribution in [-0.2, 0) is 4.79 Å². The third-order valence-corrected chi connectivity index (χ3v) is 4.67. The Hall–Kier alpha value is -2.89. The first-order chi connectivity index (χ1) is 13.1. The molecule has 0 bridgehead atoms. The Balaban J connectivity index is 1.56. The molecule has 6 heteroatoms. The molecule has 0 radical (unpaired) electrons. The van der Waals surface area contributed by atoms with Gasteiger partial charge in [-0.25, -0.2) is 4.39 Å². The van der Waals surface area contributed by atoms with Gasteiger partial charge < -0.3 is 15.1 Å². The van der Waals surface area contributed by atoms with E-state index in [0.29, 0.717) is 12.1 Å². The predicted molar refractivity (Wildman–Crippen MR) is 104 cm³/mol. The van der Waals surface area contributed by atoms with Crippen molar-refractivity contribution in [2.24, 2.45) is 0 Å². The van der Waals surface area contributed by atoms with Crippen molar-refractivity contribution >= 4 is 23.2 Å². The summed E-state index contributed by atoms with van der Waals surface area (Å²) in [6.45, 7) is 5.07. The Labute approximate surface area is 158 Å². The number of amides is 2. The van der Waals surface area contributed by atoms with Crippen LogP contribution in [0.1, 0.15) is 30.1 Å². The van der Waals surface area contributed by atoms with Crippen molar-refractivity contribution in [2.45, 2.75) is 19.8 Å². The number of piperazine rings is 1. The molecule has 0 aromatic heterocycles. The van der Waals surface area contributed by atoms with Crippen molar-refractivity contribution in [1.29, 1.82) is 0 Å². The lowest BCUT2D eigenvalue weighted by atomic mass is 10.2. The Kier molecular flexibility index (Phi) is 6.06. The number of rotatable bonds is 5. The van der Waals surface area contributed by atoms with Gasteiger partial charge in [0.05, 0.1) is 0 Å². The van der Waals surface area contributed by atoms with Crippen molar-refractivity contribution in [3.05, 3.63) is 59.9 Å². The second kappa shape index (κ2) is 8.66. The zero-order valence-corrected chi connectivity index (χ0v) is 15.5. The highest BCUT2D eigenvalue weighted by molar-refractivity contribution is 6.04. The lowest BCUT2D eigenvalue weighted by molar-refractivity contribution is -0.131. The SMILES string of the molecule is CCCC(=O)N1CCN(c2ccc(NC(=O)c3cccc(F)c3)cc2)CC1. The minimum Gasteiger partial charge on any atom is -0.368 e. The molecule has 2 aromatic carbocycles. The highest BCUT2D eigenvalue weighted by Crippen LogP contribution is 2.20. The maximum absolute atomic E-state index is 13.2. The molecule has 1 N–H and O–H groups in total. The molecule has 1 aliphatic rings. The first-order valence-corrected chi connectivity index (χ1v) is 9.26. The molecular formula is C21H24FN3O2. The molecule has 1 saturated heterocycles. The summed E-state index contributed by atoms with van der Waals surface area (Å²) >= 11 is 0. The van der Waals surface area contributed by atoms with E-state index in [1.807, 2.05) is 36.1 Å². The van der Waals surface area contributed by atoms with E-state index in [4.69, 9.17) is 0 Å². The maximum atomic E-state index is 13.2. The van der Waals surface area contributed by atoms with Crippen LogP contribution >= 0.6 is 0 Å². The van der Waals surface area contributed by atoms with Gasteiger partial charge in [0.1, 0.15) is 5.82 Å². The molecule has 0 saturated carbocycles. The molecule has 0 unspecified atom stereocenters. The number of carbonyl (C=O) groups is 2. The van der Waals surface area contributed by atoms with Crippen molar-refractivity contribution in [3.8, 4) is 0 Å². The average molecular weight is 369 g/mol. The van der Waals surface area contributed by atoms with E-state index in [-0.39, 0.29) is 17.4 Å². The Morgan fingerprint density at radius 2 is 1.74 bits per heavy atom. The lowest BCUT2D eigenvalue weighted by Gasteiger charge is -2.36. The fourth-order valence-corrected chi connectivity index (χ4v) is 3.17. The third kappa shape index (κ3) is 4.84. The van der Waals surface area contributed by atoms with E-state index in [1.54, 1.807) is 6.07 Å². The first kappa shape index (κ1) is 18.9. The van der Waals surface area contributed by atoms with Crippen LogP contribution in [0.3, 0.4) is 0 Å². The van der Waals surface area contributed by atoms with Gasteiger partial charge in [0.15, 0.2) is 0 Å². The number of carbonyl (C=O) groups excluding carboxylic acids is 2. The summed E-state index contributed by atoms with van der Waals surface area (Å²) in [4.78, 5) is 28.3. The van der Waals surface area contributed by atoms with E-state index < -0.39 is 5.82 Å². The number of hydrogen-bond acceptors (Lipinski definition) is 3. The Morgan fingerprint density at radius 1 is 1.04 bits per heavy atom. The normalized spacial score (nSPS) is 14.1. The Morgan fingerprint density at radius 3 is 2.37 bits per heavy atom. The minimum atomic E-state index is -0.436. The number of nitrogens with one attached hydrogen (secondary N) is 1. The van der Waals surface area contributed by atoms with Crippen molar-refractivity contribution < 1.29 is 14.0 Å². The van der Waals surface area contributed by atoms with Gasteiger partial charge in [-0.2, -0.15) is 0 Å². The van der Waals surface area contributed by atoms with Gasteiger partial charge in [-0.3, -0.25) is 9.59 Å². The van der Waals surface area contributed by atoms with Crippen LogP contribution in [-0.4, -0.2) is 42.9 Å². The van der Waals surface area contributed by atoms with Crippen LogP contribution in [0.25, 0.3) is 0 Å². The highest BCUT2D eigenvalue weighted by atomic mass is 19.1. The van der Waals surface area contributed by atoms with E-state index in [0.717, 1.165) is 38.3 Å². The molecule has 1 fully saturated rings. The number of benzene rings is 2. The monoisotopic (exact) mass is 369 g/mol. The number of hydrogen-bond donors (Lipinski definition) is 1. The van der Waals surface area contributed by atoms with E-state index >= 15 is 0 Å². The first-order valence-electron chi connectivity index (χ1n) is 9.26. The molecule has 2 amide bonds. The van der Waals surface area contributed by atoms with Crippen LogP contribution in [0, 0.1) is 5.82 Å². The summed E-state index contributed by atoms with van der Waals surface area (Å²) in [7, 11) is 0. The maximum Gasteiger partial charge on any atom is 0.255 e. The third-order valence-electron chi connectivity index (χ3n) is 4.67. The van der Waals surface area contributed by atoms with Crippen LogP contribution in [0.4, 0.5) is 15.8 Å². The van der Waals surface area contributed by atoms with Gasteiger partial charge in [0, 0.05) is 49.5 Å². The standard InChI is InChI=1S/C21H24FN3O2/c1-2-4-20(26)25-13-11-24(12-14-25)19-9-7-18(8-10-19)23-21(27)16-5-3-6-17(22)15-16/h3,5-10,15H,2,4,11-14H2,1H3,(H,23,27). The van der Waals surface area contributed by atoms with Crippen molar-refractivity contribution in [3.63, 3.8) is 0 Å². The minimum absolute atomic E-state index is 0.229. The summed E-state index contributed by atoms with van der Waals surface area (Å²) in [6.07, 6.45) is 1.49. The van der Waals surface area contributed by atoms with Crippen molar-refractivity contribution in [2.75, 3.05) is 36.4 Å². The van der Waals surface area contributed by atoms with Gasteiger partial charge in [0.2, 0.25) is 5.91 Å². The van der Waals surface area contributed by atoms with Crippen LogP contribution in [0.2, 0.25) is 0 Å². The van der Waals surface area contributed by atoms with E-state index in [9.17, 15) is 14.0 Å². The summed E-state index contributed by atoms with van der Waals surface area (Å²) in [5, 5.41) is 2.77. The second-order valence-corrected chi connectivity index (χ2v) is 6.63. The molecule has 1 aliphatic heterocycles. The van der Waals surface area contributed by atoms with Gasteiger partial charge in [0.25, 0.3) is 5.91 Å². The van der Waals surface area contributed by atoms with Crippen LogP contribution in [0.5, 0.6) is 0 Å². The summed E-state index contributed by atoms with van der Waals surface area (Å²) in [5.41, 5.74) is 2.00. The molecule has 3 rings (SSSR count). The molecule has 142 valence electrons. The fourth-order valence-electron chi connectivity index (χ4n) is 3.17. The topological polar surface area (TPSA) is 52.7 Å². The van der Waals surface area contributed by atoms with Crippen molar-refractivity contribution in [1.82, 2.24) is 4.90 Å². The van der Waals surface area contributed by atoms with Gasteiger partial charge >= 0.3 is 0 Å². The Bertz CT molecular complexity index is 799. The molecule has 0 spiro atoms. The molecule has 27 heavy (non-hydrogen) atoms. The van der Waals surface area contributed by atoms with E-state index in [2.05, 4.69) is 10.2 Å². The lowest BCUT2D eigenvalue weighted by Crippen LogP contribution is -2.48. The molecule has 0 atom stereocenters. The van der Waals surface area contributed by atoms with Crippen LogP contribution < -0.4 is 10.2 Å². The molecular weight excluding hydrogens is 345 g/mol. The number of halogens is 1. The zero-order chi connectivity index (χ0) is 19.2. The summed E-state index contributed by atoms with van der Waals surface area (Å²) in [6, 6.07) is 13.2. The fraction of sp³-hybridized carbons (Fsp3) is 0.333. The molecule has 1 heterocycles. The largest absolute Gasteiger partial charge is 0.368 e. The molecule has 5 nitrogen and oxygen atoms in total. The predicted octanol–water partition coefficient (Wildman–Crippen LogP) is 3.53. The quantitative estimate of drug-likeness (QED) is 0.877. The second-order valence-electron chi connectivity index (χ2n) is 6.63. The molecule has 2 aromatic rings. The average Bonchev–Trinajstić information content (AvgIpc) is 2.69. The molecule has 0 aliphatic carbocycles.